The molecule has 0 aliphatic carbocycles. The number of aliphatic carboxylic acids is 1. The van der Waals surface area contributed by atoms with Crippen LogP contribution in [0.15, 0.2) is 0 Å². The van der Waals surface area contributed by atoms with E-state index in [-0.39, 0.29) is 12.3 Å². The summed E-state index contributed by atoms with van der Waals surface area (Å²) in [4.78, 5) is 12.8. The van der Waals surface area contributed by atoms with Crippen molar-refractivity contribution in [3.63, 3.8) is 0 Å². The molecule has 1 atom stereocenters. The third-order valence-corrected chi connectivity index (χ3v) is 3.38. The molecule has 0 aromatic heterocycles. The maximum Gasteiger partial charge on any atom is 0.303 e. The molecule has 1 fully saturated rings. The number of hydrogen-bond acceptors (Lipinski definition) is 5. The Bertz CT molecular complexity index is 253. The van der Waals surface area contributed by atoms with Crippen LogP contribution in [0.3, 0.4) is 0 Å². The SMILES string of the molecule is COCCOCC(O)CN1CCC(CC(=O)O)CC1. The van der Waals surface area contributed by atoms with Crippen LogP contribution in [0.1, 0.15) is 19.3 Å². The number of carboxylic acids is 1. The predicted octanol–water partition coefficient (Wildman–Crippen LogP) is 0.197. The summed E-state index contributed by atoms with van der Waals surface area (Å²) in [6.45, 7) is 3.65. The lowest BCUT2D eigenvalue weighted by molar-refractivity contribution is -0.138. The minimum atomic E-state index is -0.718. The number of ether oxygens (including phenoxy) is 2. The van der Waals surface area contributed by atoms with E-state index in [2.05, 4.69) is 4.90 Å². The third kappa shape index (κ3) is 7.47. The largest absolute Gasteiger partial charge is 0.481 e. The summed E-state index contributed by atoms with van der Waals surface area (Å²) in [6, 6.07) is 0. The Morgan fingerprint density at radius 2 is 2.05 bits per heavy atom. The Kier molecular flexibility index (Phi) is 7.97. The monoisotopic (exact) mass is 275 g/mol. The van der Waals surface area contributed by atoms with Gasteiger partial charge in [0, 0.05) is 20.1 Å². The Balaban J connectivity index is 2.09. The summed E-state index contributed by atoms with van der Waals surface area (Å²) in [5.41, 5.74) is 0. The first-order valence-electron chi connectivity index (χ1n) is 6.80. The van der Waals surface area contributed by atoms with E-state index in [0.29, 0.717) is 26.4 Å². The molecule has 0 bridgehead atoms. The Labute approximate surface area is 114 Å². The van der Waals surface area contributed by atoms with Crippen LogP contribution in [-0.4, -0.2) is 73.8 Å². The Hall–Kier alpha value is -0.690. The van der Waals surface area contributed by atoms with Crippen molar-refractivity contribution in [3.8, 4) is 0 Å². The molecule has 6 nitrogen and oxygen atoms in total. The second kappa shape index (κ2) is 9.25. The topological polar surface area (TPSA) is 79.2 Å². The van der Waals surface area contributed by atoms with Crippen molar-refractivity contribution >= 4 is 5.97 Å². The molecule has 19 heavy (non-hydrogen) atoms. The number of carboxylic acid groups (broad SMARTS) is 1. The number of nitrogens with zero attached hydrogens (tertiary/aromatic N) is 1. The lowest BCUT2D eigenvalue weighted by atomic mass is 9.93. The zero-order chi connectivity index (χ0) is 14.1. The number of rotatable bonds is 9. The predicted molar refractivity (Wildman–Crippen MR) is 70.1 cm³/mol. The molecule has 0 aromatic rings. The molecule has 1 rings (SSSR count). The van der Waals surface area contributed by atoms with Gasteiger partial charge in [0.25, 0.3) is 0 Å². The van der Waals surface area contributed by atoms with Crippen molar-refractivity contribution < 1.29 is 24.5 Å². The molecule has 0 radical (unpaired) electrons. The number of likely N-dealkylation sites (tertiary alicyclic amines) is 1. The van der Waals surface area contributed by atoms with Gasteiger partial charge in [0.05, 0.1) is 25.9 Å². The molecule has 1 aliphatic rings. The highest BCUT2D eigenvalue weighted by molar-refractivity contribution is 5.67. The number of piperidine rings is 1. The highest BCUT2D eigenvalue weighted by Crippen LogP contribution is 2.20. The van der Waals surface area contributed by atoms with Gasteiger partial charge in [0.2, 0.25) is 0 Å². The quantitative estimate of drug-likeness (QED) is 0.585. The van der Waals surface area contributed by atoms with Gasteiger partial charge < -0.3 is 24.6 Å². The molecule has 0 amide bonds. The molecule has 1 saturated heterocycles. The summed E-state index contributed by atoms with van der Waals surface area (Å²) in [7, 11) is 1.61. The Morgan fingerprint density at radius 1 is 1.37 bits per heavy atom. The van der Waals surface area contributed by atoms with Crippen LogP contribution in [0, 0.1) is 5.92 Å². The van der Waals surface area contributed by atoms with Crippen molar-refractivity contribution in [1.29, 1.82) is 0 Å². The second-order valence-electron chi connectivity index (χ2n) is 5.06. The van der Waals surface area contributed by atoms with E-state index in [1.54, 1.807) is 7.11 Å². The fourth-order valence-electron chi connectivity index (χ4n) is 2.33. The van der Waals surface area contributed by atoms with E-state index >= 15 is 0 Å². The fourth-order valence-corrected chi connectivity index (χ4v) is 2.33. The van der Waals surface area contributed by atoms with Crippen LogP contribution in [0.25, 0.3) is 0 Å². The van der Waals surface area contributed by atoms with Crippen LogP contribution in [0.5, 0.6) is 0 Å². The molecule has 0 aromatic carbocycles. The second-order valence-corrected chi connectivity index (χ2v) is 5.06. The summed E-state index contributed by atoms with van der Waals surface area (Å²) < 4.78 is 10.1. The number of carbonyl (C=O) groups is 1. The first kappa shape index (κ1) is 16.4. The minimum Gasteiger partial charge on any atom is -0.481 e. The zero-order valence-corrected chi connectivity index (χ0v) is 11.6. The van der Waals surface area contributed by atoms with Crippen LogP contribution < -0.4 is 0 Å². The van der Waals surface area contributed by atoms with Crippen molar-refractivity contribution in [2.75, 3.05) is 46.6 Å². The van der Waals surface area contributed by atoms with Crippen LogP contribution >= 0.6 is 0 Å². The van der Waals surface area contributed by atoms with Gasteiger partial charge in [-0.25, -0.2) is 0 Å². The molecule has 1 unspecified atom stereocenters. The van der Waals surface area contributed by atoms with Crippen LogP contribution in [-0.2, 0) is 14.3 Å². The molecule has 112 valence electrons. The maximum atomic E-state index is 10.6. The summed E-state index contributed by atoms with van der Waals surface area (Å²) in [6.07, 6.45) is 1.55. The van der Waals surface area contributed by atoms with Crippen molar-refractivity contribution in [1.82, 2.24) is 4.90 Å². The van der Waals surface area contributed by atoms with Gasteiger partial charge >= 0.3 is 5.97 Å². The lowest BCUT2D eigenvalue weighted by Crippen LogP contribution is -2.40. The van der Waals surface area contributed by atoms with Crippen molar-refractivity contribution in [3.05, 3.63) is 0 Å². The summed E-state index contributed by atoms with van der Waals surface area (Å²) >= 11 is 0. The average molecular weight is 275 g/mol. The molecular weight excluding hydrogens is 250 g/mol. The van der Waals surface area contributed by atoms with Gasteiger partial charge in [0.15, 0.2) is 0 Å². The van der Waals surface area contributed by atoms with E-state index in [4.69, 9.17) is 14.6 Å². The highest BCUT2D eigenvalue weighted by Gasteiger charge is 2.22. The van der Waals surface area contributed by atoms with Gasteiger partial charge in [0.1, 0.15) is 0 Å². The van der Waals surface area contributed by atoms with Gasteiger partial charge in [-0.15, -0.1) is 0 Å². The molecule has 0 saturated carbocycles. The first-order valence-corrected chi connectivity index (χ1v) is 6.80. The molecule has 1 heterocycles. The minimum absolute atomic E-state index is 0.260. The standard InChI is InChI=1S/C13H25NO5/c1-18-6-7-19-10-12(15)9-14-4-2-11(3-5-14)8-13(16)17/h11-12,15H,2-10H2,1H3,(H,16,17). The number of aliphatic hydroxyl groups is 1. The van der Waals surface area contributed by atoms with Crippen molar-refractivity contribution in [2.24, 2.45) is 5.92 Å². The highest BCUT2D eigenvalue weighted by atomic mass is 16.5. The molecular formula is C13H25NO5. The first-order chi connectivity index (χ1) is 9.11. The molecule has 1 aliphatic heterocycles. The van der Waals surface area contributed by atoms with E-state index < -0.39 is 12.1 Å². The zero-order valence-electron chi connectivity index (χ0n) is 11.6. The lowest BCUT2D eigenvalue weighted by Gasteiger charge is -2.32. The summed E-state index contributed by atoms with van der Waals surface area (Å²) in [5.74, 6) is -0.436. The molecule has 2 N–H and O–H groups in total. The van der Waals surface area contributed by atoms with E-state index in [0.717, 1.165) is 25.9 Å². The average Bonchev–Trinajstić information content (AvgIpc) is 2.36. The molecule has 0 spiro atoms. The van der Waals surface area contributed by atoms with Crippen molar-refractivity contribution in [2.45, 2.75) is 25.4 Å². The van der Waals surface area contributed by atoms with Gasteiger partial charge in [-0.05, 0) is 31.8 Å². The smallest absolute Gasteiger partial charge is 0.303 e. The number of β-amino-alcohol motifs (C(OH)–C–C–N with tert-alkyl or cyclic N) is 1. The Morgan fingerprint density at radius 3 is 2.63 bits per heavy atom. The number of methoxy groups -OCH3 is 1. The van der Waals surface area contributed by atoms with E-state index in [9.17, 15) is 9.90 Å². The number of hydrogen-bond donors (Lipinski definition) is 2. The van der Waals surface area contributed by atoms with E-state index in [1.165, 1.54) is 0 Å². The van der Waals surface area contributed by atoms with Gasteiger partial charge in [-0.3, -0.25) is 4.79 Å². The third-order valence-electron chi connectivity index (χ3n) is 3.38. The normalized spacial score (nSPS) is 19.5. The van der Waals surface area contributed by atoms with Gasteiger partial charge in [-0.1, -0.05) is 0 Å². The van der Waals surface area contributed by atoms with Crippen LogP contribution in [0.4, 0.5) is 0 Å². The van der Waals surface area contributed by atoms with Gasteiger partial charge in [-0.2, -0.15) is 0 Å². The summed E-state index contributed by atoms with van der Waals surface area (Å²) in [5, 5.41) is 18.5. The maximum absolute atomic E-state index is 10.6. The van der Waals surface area contributed by atoms with Crippen LogP contribution in [0.2, 0.25) is 0 Å². The molecule has 6 heteroatoms. The number of aliphatic hydroxyl groups excluding tert-OH is 1. The van der Waals surface area contributed by atoms with E-state index in [1.807, 2.05) is 0 Å². The fraction of sp³-hybridized carbons (Fsp3) is 0.923.